The fraction of sp³-hybridized carbons (Fsp3) is 0.281. The average Bonchev–Trinajstić information content (AvgIpc) is 3.31. The number of carbonyl (C=O) groups excluding carboxylic acids is 4. The Morgan fingerprint density at radius 3 is 2.37 bits per heavy atom. The van der Waals surface area contributed by atoms with E-state index in [4.69, 9.17) is 0 Å². The summed E-state index contributed by atoms with van der Waals surface area (Å²) in [6.45, 7) is 3.44. The molecule has 1 atom stereocenters. The maximum atomic E-state index is 13.1. The number of hydrogen-bond acceptors (Lipinski definition) is 5. The number of nitrogens with one attached hydrogen (secondary N) is 3. The molecule has 2 heterocycles. The number of ketones is 1. The summed E-state index contributed by atoms with van der Waals surface area (Å²) in [7, 11) is 1.80. The van der Waals surface area contributed by atoms with E-state index in [1.165, 1.54) is 0 Å². The Hall–Kier alpha value is -4.79. The molecule has 3 amide bonds. The van der Waals surface area contributed by atoms with Crippen LogP contribution in [0.4, 0.5) is 0 Å². The zero-order chi connectivity index (χ0) is 29.4. The van der Waals surface area contributed by atoms with Gasteiger partial charge in [0.25, 0.3) is 5.91 Å². The highest BCUT2D eigenvalue weighted by Gasteiger charge is 2.24. The Balaban J connectivity index is 1.27. The summed E-state index contributed by atoms with van der Waals surface area (Å²) in [6.07, 6.45) is 2.23. The van der Waals surface area contributed by atoms with Crippen molar-refractivity contribution in [2.75, 3.05) is 13.1 Å². The molecule has 0 saturated carbocycles. The number of amides is 3. The fourth-order valence-electron chi connectivity index (χ4n) is 4.63. The van der Waals surface area contributed by atoms with Crippen molar-refractivity contribution >= 4 is 34.4 Å². The molecule has 2 aromatic heterocycles. The van der Waals surface area contributed by atoms with E-state index in [1.54, 1.807) is 23.9 Å². The average molecular weight is 554 g/mol. The van der Waals surface area contributed by atoms with Crippen LogP contribution in [0.5, 0.6) is 0 Å². The number of hydrogen-bond donors (Lipinski definition) is 3. The van der Waals surface area contributed by atoms with E-state index in [-0.39, 0.29) is 43.0 Å². The van der Waals surface area contributed by atoms with E-state index < -0.39 is 11.9 Å². The number of para-hydroxylation sites is 1. The first kappa shape index (κ1) is 29.2. The summed E-state index contributed by atoms with van der Waals surface area (Å²) in [5.74, 6) is -1.34. The Morgan fingerprint density at radius 1 is 0.878 bits per heavy atom. The first-order chi connectivity index (χ1) is 19.7. The van der Waals surface area contributed by atoms with Crippen LogP contribution in [0.1, 0.15) is 36.3 Å². The summed E-state index contributed by atoms with van der Waals surface area (Å²) in [5.41, 5.74) is 3.86. The number of fused-ring (bicyclic) bond motifs is 1. The van der Waals surface area contributed by atoms with Crippen molar-refractivity contribution in [1.82, 2.24) is 25.5 Å². The van der Waals surface area contributed by atoms with E-state index in [0.717, 1.165) is 27.7 Å². The fourth-order valence-corrected chi connectivity index (χ4v) is 4.63. The normalized spacial score (nSPS) is 11.7. The largest absolute Gasteiger partial charge is 0.349 e. The van der Waals surface area contributed by atoms with Crippen LogP contribution in [0.15, 0.2) is 79.0 Å². The molecule has 0 bridgehead atoms. The van der Waals surface area contributed by atoms with Gasteiger partial charge in [-0.15, -0.1) is 0 Å². The van der Waals surface area contributed by atoms with Gasteiger partial charge in [0.15, 0.2) is 5.78 Å². The van der Waals surface area contributed by atoms with E-state index in [9.17, 15) is 19.2 Å². The van der Waals surface area contributed by atoms with Crippen molar-refractivity contribution in [2.24, 2.45) is 13.0 Å². The topological polar surface area (TPSA) is 122 Å². The second kappa shape index (κ2) is 13.5. The number of aromatic nitrogens is 2. The summed E-state index contributed by atoms with van der Waals surface area (Å²) >= 11 is 0. The molecule has 3 N–H and O–H groups in total. The van der Waals surface area contributed by atoms with E-state index in [0.29, 0.717) is 12.1 Å². The molecule has 212 valence electrons. The number of aryl methyl sites for hydroxylation is 1. The lowest BCUT2D eigenvalue weighted by atomic mass is 10.0. The van der Waals surface area contributed by atoms with Gasteiger partial charge in [-0.3, -0.25) is 24.2 Å². The minimum atomic E-state index is -0.811. The Kier molecular flexibility index (Phi) is 9.63. The van der Waals surface area contributed by atoms with E-state index in [1.807, 2.05) is 80.6 Å². The smallest absolute Gasteiger partial charge is 0.268 e. The summed E-state index contributed by atoms with van der Waals surface area (Å²) in [6, 6.07) is 21.8. The first-order valence-electron chi connectivity index (χ1n) is 13.6. The quantitative estimate of drug-likeness (QED) is 0.248. The third-order valence-corrected chi connectivity index (χ3v) is 6.71. The molecule has 0 radical (unpaired) electrons. The van der Waals surface area contributed by atoms with E-state index in [2.05, 4.69) is 20.9 Å². The van der Waals surface area contributed by atoms with Crippen LogP contribution in [0, 0.1) is 5.92 Å². The molecule has 41 heavy (non-hydrogen) atoms. The molecule has 0 aliphatic rings. The number of nitrogens with zero attached hydrogens (tertiary/aromatic N) is 2. The molecule has 4 rings (SSSR count). The Bertz CT molecular complexity index is 1540. The van der Waals surface area contributed by atoms with Gasteiger partial charge in [-0.2, -0.15) is 0 Å². The lowest BCUT2D eigenvalue weighted by molar-refractivity contribution is -0.127. The van der Waals surface area contributed by atoms with Crippen LogP contribution >= 0.6 is 0 Å². The number of benzene rings is 2. The van der Waals surface area contributed by atoms with Crippen molar-refractivity contribution in [3.8, 4) is 11.3 Å². The van der Waals surface area contributed by atoms with Crippen molar-refractivity contribution in [3.63, 3.8) is 0 Å². The first-order valence-corrected chi connectivity index (χ1v) is 13.6. The molecule has 0 aliphatic carbocycles. The molecule has 9 nitrogen and oxygen atoms in total. The number of pyridine rings is 1. The minimum Gasteiger partial charge on any atom is -0.349 e. The molecule has 0 saturated heterocycles. The number of carbonyl (C=O) groups is 4. The second-order valence-electron chi connectivity index (χ2n) is 10.4. The van der Waals surface area contributed by atoms with Gasteiger partial charge in [-0.05, 0) is 48.2 Å². The van der Waals surface area contributed by atoms with Gasteiger partial charge in [0.1, 0.15) is 11.7 Å². The van der Waals surface area contributed by atoms with Gasteiger partial charge < -0.3 is 20.5 Å². The van der Waals surface area contributed by atoms with Crippen LogP contribution in [0.3, 0.4) is 0 Å². The summed E-state index contributed by atoms with van der Waals surface area (Å²) in [4.78, 5) is 55.3. The molecule has 9 heteroatoms. The SMILES string of the molecule is CC(C)C[C@H](NC(=O)c1cc2ccccc2n1C)C(=O)NCC(=O)CNC(=O)Cc1cccc(-c2ccccn2)c1. The minimum absolute atomic E-state index is 0.108. The molecule has 0 aliphatic heterocycles. The Labute approximate surface area is 239 Å². The third-order valence-electron chi connectivity index (χ3n) is 6.71. The highest BCUT2D eigenvalue weighted by Crippen LogP contribution is 2.19. The molecular weight excluding hydrogens is 518 g/mol. The van der Waals surface area contributed by atoms with Crippen molar-refractivity contribution in [2.45, 2.75) is 32.7 Å². The van der Waals surface area contributed by atoms with Gasteiger partial charge in [-0.1, -0.05) is 56.3 Å². The zero-order valence-electron chi connectivity index (χ0n) is 23.5. The van der Waals surface area contributed by atoms with Crippen molar-refractivity contribution < 1.29 is 19.2 Å². The molecule has 4 aromatic rings. The molecular formula is C32H35N5O4. The second-order valence-corrected chi connectivity index (χ2v) is 10.4. The van der Waals surface area contributed by atoms with Gasteiger partial charge in [0.05, 0.1) is 25.2 Å². The molecule has 0 spiro atoms. The van der Waals surface area contributed by atoms with Crippen molar-refractivity contribution in [1.29, 1.82) is 0 Å². The lowest BCUT2D eigenvalue weighted by Crippen LogP contribution is -2.49. The standard InChI is InChI=1S/C32H35N5O4/c1-21(2)15-27(36-32(41)29-18-24-10-4-5-13-28(24)37(29)3)31(40)35-20-25(38)19-34-30(39)17-22-9-8-11-23(16-22)26-12-6-7-14-33-26/h4-14,16,18,21,27H,15,17,19-20H2,1-3H3,(H,34,39)(H,35,40)(H,36,41)/t27-/m0/s1. The van der Waals surface area contributed by atoms with Crippen molar-refractivity contribution in [3.05, 3.63) is 90.3 Å². The highest BCUT2D eigenvalue weighted by atomic mass is 16.2. The predicted molar refractivity (Wildman–Crippen MR) is 158 cm³/mol. The van der Waals surface area contributed by atoms with Crippen LogP contribution < -0.4 is 16.0 Å². The maximum Gasteiger partial charge on any atom is 0.268 e. The number of rotatable bonds is 12. The third kappa shape index (κ3) is 7.88. The van der Waals surface area contributed by atoms with Crippen LogP contribution in [-0.2, 0) is 27.9 Å². The van der Waals surface area contributed by atoms with Crippen LogP contribution in [0.2, 0.25) is 0 Å². The maximum absolute atomic E-state index is 13.1. The van der Waals surface area contributed by atoms with Gasteiger partial charge in [0, 0.05) is 29.7 Å². The monoisotopic (exact) mass is 553 g/mol. The molecule has 2 aromatic carbocycles. The van der Waals surface area contributed by atoms with Gasteiger partial charge in [0.2, 0.25) is 11.8 Å². The number of Topliss-reactive ketones (excluding diaryl/α,β-unsaturated/α-hetero) is 1. The van der Waals surface area contributed by atoms with Crippen LogP contribution in [0.25, 0.3) is 22.2 Å². The summed E-state index contributed by atoms with van der Waals surface area (Å²) in [5, 5.41) is 8.99. The summed E-state index contributed by atoms with van der Waals surface area (Å²) < 4.78 is 1.79. The van der Waals surface area contributed by atoms with E-state index >= 15 is 0 Å². The molecule has 0 unspecified atom stereocenters. The van der Waals surface area contributed by atoms with Gasteiger partial charge in [-0.25, -0.2) is 0 Å². The highest BCUT2D eigenvalue weighted by molar-refractivity contribution is 6.01. The molecule has 0 fully saturated rings. The predicted octanol–water partition coefficient (Wildman–Crippen LogP) is 3.43. The lowest BCUT2D eigenvalue weighted by Gasteiger charge is -2.20. The zero-order valence-corrected chi connectivity index (χ0v) is 23.5. The van der Waals surface area contributed by atoms with Gasteiger partial charge >= 0.3 is 0 Å². The van der Waals surface area contributed by atoms with Crippen LogP contribution in [-0.4, -0.2) is 52.2 Å². The Morgan fingerprint density at radius 2 is 1.63 bits per heavy atom.